The lowest BCUT2D eigenvalue weighted by atomic mass is 9.99. The zero-order valence-corrected chi connectivity index (χ0v) is 13.5. The number of hydrogen-bond acceptors (Lipinski definition) is 2. The summed E-state index contributed by atoms with van der Waals surface area (Å²) in [5.74, 6) is 1.11. The van der Waals surface area contributed by atoms with Crippen molar-refractivity contribution in [1.82, 2.24) is 10.2 Å². The minimum absolute atomic E-state index is 0.450. The first kappa shape index (κ1) is 15.8. The molecule has 4 heteroatoms. The van der Waals surface area contributed by atoms with Gasteiger partial charge in [-0.2, -0.15) is 0 Å². The Morgan fingerprint density at radius 2 is 2.00 bits per heavy atom. The minimum Gasteiger partial charge on any atom is -0.370 e. The quantitative estimate of drug-likeness (QED) is 0.643. The minimum atomic E-state index is 0.450. The van der Waals surface area contributed by atoms with Crippen LogP contribution in [0.2, 0.25) is 0 Å². The Morgan fingerprint density at radius 1 is 1.29 bits per heavy atom. The van der Waals surface area contributed by atoms with Gasteiger partial charge < -0.3 is 11.1 Å². The van der Waals surface area contributed by atoms with Gasteiger partial charge in [-0.15, -0.1) is 0 Å². The van der Waals surface area contributed by atoms with Crippen molar-refractivity contribution < 1.29 is 0 Å². The molecular weight excluding hydrogens is 260 g/mol. The van der Waals surface area contributed by atoms with Crippen molar-refractivity contribution in [2.75, 3.05) is 19.6 Å². The third kappa shape index (κ3) is 4.74. The van der Waals surface area contributed by atoms with Gasteiger partial charge in [-0.1, -0.05) is 38.1 Å². The van der Waals surface area contributed by atoms with Crippen LogP contribution in [0.25, 0.3) is 0 Å². The molecule has 0 fully saturated rings. The van der Waals surface area contributed by atoms with Crippen LogP contribution in [0.1, 0.15) is 31.9 Å². The van der Waals surface area contributed by atoms with Crippen LogP contribution in [-0.4, -0.2) is 36.5 Å². The lowest BCUT2D eigenvalue weighted by Crippen LogP contribution is -2.46. The van der Waals surface area contributed by atoms with E-state index >= 15 is 0 Å². The lowest BCUT2D eigenvalue weighted by Gasteiger charge is -2.33. The van der Waals surface area contributed by atoms with Crippen LogP contribution in [-0.2, 0) is 13.0 Å². The van der Waals surface area contributed by atoms with Crippen LogP contribution < -0.4 is 11.1 Å². The summed E-state index contributed by atoms with van der Waals surface area (Å²) in [5, 5.41) is 3.25. The van der Waals surface area contributed by atoms with E-state index in [0.717, 1.165) is 32.6 Å². The molecule has 0 amide bonds. The maximum absolute atomic E-state index is 5.90. The first-order valence-electron chi connectivity index (χ1n) is 7.91. The second-order valence-corrected chi connectivity index (χ2v) is 6.34. The molecule has 1 aromatic rings. The van der Waals surface area contributed by atoms with Crippen LogP contribution in [0.3, 0.4) is 0 Å². The molecule has 3 N–H and O–H groups in total. The van der Waals surface area contributed by atoms with Gasteiger partial charge in [0, 0.05) is 32.2 Å². The molecular formula is C17H28N4. The van der Waals surface area contributed by atoms with Crippen LogP contribution in [0.4, 0.5) is 0 Å². The fraction of sp³-hybridized carbons (Fsp3) is 0.588. The molecule has 0 aliphatic carbocycles. The number of benzene rings is 1. The Bertz CT molecular complexity index is 481. The number of hydrogen-bond donors (Lipinski definition) is 2. The third-order valence-corrected chi connectivity index (χ3v) is 3.99. The van der Waals surface area contributed by atoms with Crippen molar-refractivity contribution in [2.45, 2.75) is 39.8 Å². The van der Waals surface area contributed by atoms with E-state index in [-0.39, 0.29) is 0 Å². The van der Waals surface area contributed by atoms with Crippen molar-refractivity contribution in [2.24, 2.45) is 16.6 Å². The molecule has 0 radical (unpaired) electrons. The smallest absolute Gasteiger partial charge is 0.188 e. The zero-order chi connectivity index (χ0) is 15.2. The van der Waals surface area contributed by atoms with Crippen LogP contribution >= 0.6 is 0 Å². The van der Waals surface area contributed by atoms with Crippen molar-refractivity contribution in [3.63, 3.8) is 0 Å². The second kappa shape index (κ2) is 7.46. The lowest BCUT2D eigenvalue weighted by molar-refractivity contribution is 0.191. The zero-order valence-electron chi connectivity index (χ0n) is 13.5. The van der Waals surface area contributed by atoms with E-state index in [4.69, 9.17) is 5.73 Å². The Balaban J connectivity index is 1.82. The van der Waals surface area contributed by atoms with E-state index in [0.29, 0.717) is 17.9 Å². The average molecular weight is 288 g/mol. The highest BCUT2D eigenvalue weighted by Gasteiger charge is 2.20. The highest BCUT2D eigenvalue weighted by molar-refractivity contribution is 5.77. The first-order valence-corrected chi connectivity index (χ1v) is 7.91. The molecule has 21 heavy (non-hydrogen) atoms. The van der Waals surface area contributed by atoms with Gasteiger partial charge in [0.2, 0.25) is 0 Å². The van der Waals surface area contributed by atoms with Gasteiger partial charge in [-0.25, -0.2) is 0 Å². The Hall–Kier alpha value is -1.55. The first-order chi connectivity index (χ1) is 10.1. The fourth-order valence-electron chi connectivity index (χ4n) is 2.61. The number of rotatable bonds is 5. The van der Waals surface area contributed by atoms with Crippen molar-refractivity contribution in [3.8, 4) is 0 Å². The molecule has 1 heterocycles. The highest BCUT2D eigenvalue weighted by Crippen LogP contribution is 2.19. The van der Waals surface area contributed by atoms with Gasteiger partial charge >= 0.3 is 0 Å². The van der Waals surface area contributed by atoms with Crippen LogP contribution in [0, 0.1) is 5.92 Å². The summed E-state index contributed by atoms with van der Waals surface area (Å²) in [6, 6.07) is 9.19. The molecule has 4 nitrogen and oxygen atoms in total. The maximum atomic E-state index is 5.90. The third-order valence-electron chi connectivity index (χ3n) is 3.99. The van der Waals surface area contributed by atoms with E-state index < -0.39 is 0 Å². The number of guanidine groups is 1. The van der Waals surface area contributed by atoms with E-state index in [1.807, 2.05) is 0 Å². The summed E-state index contributed by atoms with van der Waals surface area (Å²) in [5.41, 5.74) is 8.84. The summed E-state index contributed by atoms with van der Waals surface area (Å²) in [7, 11) is 0. The molecule has 1 aromatic carbocycles. The predicted octanol–water partition coefficient (Wildman–Crippen LogP) is 1.99. The molecule has 1 aliphatic heterocycles. The number of aliphatic imine (C=N–C) groups is 1. The standard InChI is InChI=1S/C17H28N4/c1-13(2)10-19-17(18)20-11-14(3)21-9-8-15-6-4-5-7-16(15)12-21/h4-7,13-14H,8-12H2,1-3H3,(H3,18,19,20). The second-order valence-electron chi connectivity index (χ2n) is 6.34. The fourth-order valence-corrected chi connectivity index (χ4v) is 2.61. The molecule has 1 unspecified atom stereocenters. The molecule has 1 atom stereocenters. The summed E-state index contributed by atoms with van der Waals surface area (Å²) >= 11 is 0. The molecule has 0 bridgehead atoms. The molecule has 0 saturated carbocycles. The van der Waals surface area contributed by atoms with Crippen LogP contribution in [0.5, 0.6) is 0 Å². The van der Waals surface area contributed by atoms with Gasteiger partial charge in [0.05, 0.1) is 0 Å². The largest absolute Gasteiger partial charge is 0.370 e. The average Bonchev–Trinajstić information content (AvgIpc) is 2.50. The van der Waals surface area contributed by atoms with E-state index in [1.54, 1.807) is 0 Å². The Kier molecular flexibility index (Phi) is 5.62. The monoisotopic (exact) mass is 288 g/mol. The van der Waals surface area contributed by atoms with Crippen molar-refractivity contribution in [1.29, 1.82) is 0 Å². The summed E-state index contributed by atoms with van der Waals surface area (Å²) in [4.78, 5) is 6.85. The molecule has 0 saturated heterocycles. The molecule has 0 spiro atoms. The van der Waals surface area contributed by atoms with Crippen LogP contribution in [0.15, 0.2) is 29.3 Å². The summed E-state index contributed by atoms with van der Waals surface area (Å²) in [6.07, 6.45) is 1.14. The van der Waals surface area contributed by atoms with Gasteiger partial charge in [-0.3, -0.25) is 9.89 Å². The number of nitrogens with one attached hydrogen (secondary N) is 1. The van der Waals surface area contributed by atoms with Gasteiger partial charge in [0.15, 0.2) is 5.96 Å². The number of nitrogens with zero attached hydrogens (tertiary/aromatic N) is 2. The highest BCUT2D eigenvalue weighted by atomic mass is 15.2. The SMILES string of the molecule is CC(C)CN=C(N)NCC(C)N1CCc2ccccc2C1. The van der Waals surface area contributed by atoms with Gasteiger partial charge in [-0.05, 0) is 30.4 Å². The Morgan fingerprint density at radius 3 is 2.71 bits per heavy atom. The van der Waals surface area contributed by atoms with E-state index in [2.05, 4.69) is 60.2 Å². The van der Waals surface area contributed by atoms with Crippen molar-refractivity contribution in [3.05, 3.63) is 35.4 Å². The Labute approximate surface area is 128 Å². The molecule has 0 aromatic heterocycles. The molecule has 116 valence electrons. The number of nitrogens with two attached hydrogens (primary N) is 1. The topological polar surface area (TPSA) is 53.6 Å². The van der Waals surface area contributed by atoms with E-state index in [1.165, 1.54) is 11.1 Å². The van der Waals surface area contributed by atoms with Gasteiger partial charge in [0.25, 0.3) is 0 Å². The normalized spacial score (nSPS) is 17.6. The molecule has 1 aliphatic rings. The van der Waals surface area contributed by atoms with E-state index in [9.17, 15) is 0 Å². The predicted molar refractivity (Wildman–Crippen MR) is 89.3 cm³/mol. The summed E-state index contributed by atoms with van der Waals surface area (Å²) < 4.78 is 0. The summed E-state index contributed by atoms with van der Waals surface area (Å²) in [6.45, 7) is 10.3. The maximum Gasteiger partial charge on any atom is 0.188 e. The number of fused-ring (bicyclic) bond motifs is 1. The molecule has 2 rings (SSSR count). The van der Waals surface area contributed by atoms with Gasteiger partial charge in [0.1, 0.15) is 0 Å². The van der Waals surface area contributed by atoms with Crippen molar-refractivity contribution >= 4 is 5.96 Å².